The number of hydrogen-bond acceptors (Lipinski definition) is 4. The number of nitriles is 1. The number of rotatable bonds is 3. The average Bonchev–Trinajstić information content (AvgIpc) is 2.62. The number of benzene rings is 2. The van der Waals surface area contributed by atoms with Gasteiger partial charge in [0.15, 0.2) is 11.5 Å². The third-order valence-electron chi connectivity index (χ3n) is 3.44. The molecule has 0 saturated carbocycles. The van der Waals surface area contributed by atoms with Crippen LogP contribution in [-0.2, 0) is 4.79 Å². The zero-order valence-electron chi connectivity index (χ0n) is 12.9. The standard InChI is InChI=1S/C18H12Cl2N2O3/c19-13-2-1-3-14(20)17(13)22-18(23)12(10-21)8-11-4-5-15-16(9-11)25-7-6-24-15/h1-5,8-9H,6-7H2,(H,22,23). The van der Waals surface area contributed by atoms with E-state index in [1.54, 1.807) is 36.4 Å². The van der Waals surface area contributed by atoms with Crippen molar-refractivity contribution in [3.8, 4) is 17.6 Å². The van der Waals surface area contributed by atoms with Gasteiger partial charge in [-0.2, -0.15) is 5.26 Å². The SMILES string of the molecule is N#CC(=Cc1ccc2c(c1)OCCO2)C(=O)Nc1c(Cl)cccc1Cl. The first kappa shape index (κ1) is 17.2. The molecule has 7 heteroatoms. The van der Waals surface area contributed by atoms with Crippen molar-refractivity contribution in [2.24, 2.45) is 0 Å². The molecule has 126 valence electrons. The molecule has 3 rings (SSSR count). The molecular weight excluding hydrogens is 363 g/mol. The predicted molar refractivity (Wildman–Crippen MR) is 96.1 cm³/mol. The molecule has 0 unspecified atom stereocenters. The van der Waals surface area contributed by atoms with Crippen LogP contribution in [0.3, 0.4) is 0 Å². The first-order chi connectivity index (χ1) is 12.1. The first-order valence-corrected chi connectivity index (χ1v) is 8.11. The van der Waals surface area contributed by atoms with Crippen LogP contribution in [0.15, 0.2) is 42.0 Å². The van der Waals surface area contributed by atoms with Gasteiger partial charge in [0.1, 0.15) is 24.9 Å². The molecule has 5 nitrogen and oxygen atoms in total. The minimum absolute atomic E-state index is 0.0901. The number of hydrogen-bond donors (Lipinski definition) is 1. The Morgan fingerprint density at radius 2 is 1.80 bits per heavy atom. The van der Waals surface area contributed by atoms with Gasteiger partial charge in [-0.1, -0.05) is 35.3 Å². The van der Waals surface area contributed by atoms with Crippen molar-refractivity contribution in [2.45, 2.75) is 0 Å². The Morgan fingerprint density at radius 3 is 2.48 bits per heavy atom. The van der Waals surface area contributed by atoms with Crippen molar-refractivity contribution in [3.63, 3.8) is 0 Å². The van der Waals surface area contributed by atoms with Gasteiger partial charge in [0.25, 0.3) is 5.91 Å². The van der Waals surface area contributed by atoms with Gasteiger partial charge in [0.05, 0.1) is 15.7 Å². The molecule has 1 aliphatic rings. The van der Waals surface area contributed by atoms with Gasteiger partial charge in [-0.3, -0.25) is 4.79 Å². The van der Waals surface area contributed by atoms with Crippen molar-refractivity contribution in [2.75, 3.05) is 18.5 Å². The van der Waals surface area contributed by atoms with Crippen LogP contribution >= 0.6 is 23.2 Å². The lowest BCUT2D eigenvalue weighted by atomic mass is 10.1. The van der Waals surface area contributed by atoms with Crippen LogP contribution in [0.5, 0.6) is 11.5 Å². The molecule has 0 spiro atoms. The summed E-state index contributed by atoms with van der Waals surface area (Å²) in [5.41, 5.74) is 0.813. The Balaban J connectivity index is 1.85. The normalized spacial score (nSPS) is 13.1. The summed E-state index contributed by atoms with van der Waals surface area (Å²) >= 11 is 12.1. The third kappa shape index (κ3) is 3.87. The molecule has 0 fully saturated rings. The third-order valence-corrected chi connectivity index (χ3v) is 4.07. The number of nitrogens with one attached hydrogen (secondary N) is 1. The first-order valence-electron chi connectivity index (χ1n) is 7.35. The highest BCUT2D eigenvalue weighted by molar-refractivity contribution is 6.40. The monoisotopic (exact) mass is 374 g/mol. The van der Waals surface area contributed by atoms with E-state index in [1.807, 2.05) is 6.07 Å². The summed E-state index contributed by atoms with van der Waals surface area (Å²) in [4.78, 5) is 12.4. The topological polar surface area (TPSA) is 71.3 Å². The highest BCUT2D eigenvalue weighted by atomic mass is 35.5. The maximum absolute atomic E-state index is 12.4. The molecule has 1 aliphatic heterocycles. The number of carbonyl (C=O) groups is 1. The van der Waals surface area contributed by atoms with Gasteiger partial charge < -0.3 is 14.8 Å². The van der Waals surface area contributed by atoms with Gasteiger partial charge in [0.2, 0.25) is 0 Å². The molecule has 0 radical (unpaired) electrons. The largest absolute Gasteiger partial charge is 0.486 e. The van der Waals surface area contributed by atoms with Crippen LogP contribution < -0.4 is 14.8 Å². The average molecular weight is 375 g/mol. The zero-order chi connectivity index (χ0) is 17.8. The molecule has 0 saturated heterocycles. The van der Waals surface area contributed by atoms with Gasteiger partial charge >= 0.3 is 0 Å². The molecular formula is C18H12Cl2N2O3. The quantitative estimate of drug-likeness (QED) is 0.641. The molecule has 25 heavy (non-hydrogen) atoms. The summed E-state index contributed by atoms with van der Waals surface area (Å²) in [6.07, 6.45) is 1.46. The number of para-hydroxylation sites is 1. The highest BCUT2D eigenvalue weighted by Crippen LogP contribution is 2.32. The lowest BCUT2D eigenvalue weighted by molar-refractivity contribution is -0.112. The number of anilines is 1. The highest BCUT2D eigenvalue weighted by Gasteiger charge is 2.15. The molecule has 1 N–H and O–H groups in total. The van der Waals surface area contributed by atoms with Crippen molar-refractivity contribution in [1.29, 1.82) is 5.26 Å². The molecule has 0 aliphatic carbocycles. The Bertz CT molecular complexity index is 883. The Hall–Kier alpha value is -2.68. The fraction of sp³-hybridized carbons (Fsp3) is 0.111. The van der Waals surface area contributed by atoms with E-state index in [-0.39, 0.29) is 21.3 Å². The number of halogens is 2. The minimum atomic E-state index is -0.604. The number of ether oxygens (including phenoxy) is 2. The summed E-state index contributed by atoms with van der Waals surface area (Å²) in [6, 6.07) is 11.9. The van der Waals surface area contributed by atoms with Crippen molar-refractivity contribution < 1.29 is 14.3 Å². The van der Waals surface area contributed by atoms with Crippen LogP contribution in [0.4, 0.5) is 5.69 Å². The van der Waals surface area contributed by atoms with Crippen molar-refractivity contribution in [1.82, 2.24) is 0 Å². The molecule has 1 amide bonds. The lowest BCUT2D eigenvalue weighted by Crippen LogP contribution is -2.15. The summed E-state index contributed by atoms with van der Waals surface area (Å²) < 4.78 is 10.9. The summed E-state index contributed by atoms with van der Waals surface area (Å²) in [6.45, 7) is 0.948. The molecule has 2 aromatic rings. The van der Waals surface area contributed by atoms with Crippen LogP contribution in [0.1, 0.15) is 5.56 Å². The summed E-state index contributed by atoms with van der Waals surface area (Å²) in [5.74, 6) is 0.605. The number of amides is 1. The van der Waals surface area contributed by atoms with E-state index in [0.717, 1.165) is 0 Å². The Morgan fingerprint density at radius 1 is 1.12 bits per heavy atom. The van der Waals surface area contributed by atoms with Crippen molar-refractivity contribution in [3.05, 3.63) is 57.6 Å². The Labute approximate surface area is 154 Å². The predicted octanol–water partition coefficient (Wildman–Crippen LogP) is 4.31. The molecule has 1 heterocycles. The number of nitrogens with zero attached hydrogens (tertiary/aromatic N) is 1. The fourth-order valence-corrected chi connectivity index (χ4v) is 2.76. The molecule has 2 aromatic carbocycles. The second-order valence-electron chi connectivity index (χ2n) is 5.12. The minimum Gasteiger partial charge on any atom is -0.486 e. The van der Waals surface area contributed by atoms with E-state index in [0.29, 0.717) is 30.3 Å². The van der Waals surface area contributed by atoms with Gasteiger partial charge in [-0.05, 0) is 35.9 Å². The maximum Gasteiger partial charge on any atom is 0.266 e. The maximum atomic E-state index is 12.4. The smallest absolute Gasteiger partial charge is 0.266 e. The van der Waals surface area contributed by atoms with E-state index in [9.17, 15) is 10.1 Å². The second kappa shape index (κ2) is 7.47. The van der Waals surface area contributed by atoms with E-state index in [2.05, 4.69) is 5.32 Å². The summed E-state index contributed by atoms with van der Waals surface area (Å²) in [7, 11) is 0. The summed E-state index contributed by atoms with van der Waals surface area (Å²) in [5, 5.41) is 12.5. The lowest BCUT2D eigenvalue weighted by Gasteiger charge is -2.18. The zero-order valence-corrected chi connectivity index (χ0v) is 14.4. The van der Waals surface area contributed by atoms with E-state index in [1.165, 1.54) is 6.08 Å². The number of fused-ring (bicyclic) bond motifs is 1. The van der Waals surface area contributed by atoms with Crippen molar-refractivity contribution >= 4 is 40.9 Å². The molecule has 0 aromatic heterocycles. The van der Waals surface area contributed by atoms with Gasteiger partial charge in [0, 0.05) is 0 Å². The molecule has 0 atom stereocenters. The molecule has 0 bridgehead atoms. The second-order valence-corrected chi connectivity index (χ2v) is 5.94. The van der Waals surface area contributed by atoms with Crippen LogP contribution in [-0.4, -0.2) is 19.1 Å². The Kier molecular flexibility index (Phi) is 5.13. The fourth-order valence-electron chi connectivity index (χ4n) is 2.26. The van der Waals surface area contributed by atoms with Crippen LogP contribution in [0.2, 0.25) is 10.0 Å². The number of carbonyl (C=O) groups excluding carboxylic acids is 1. The van der Waals surface area contributed by atoms with Crippen LogP contribution in [0, 0.1) is 11.3 Å². The van der Waals surface area contributed by atoms with Gasteiger partial charge in [-0.15, -0.1) is 0 Å². The van der Waals surface area contributed by atoms with E-state index >= 15 is 0 Å². The van der Waals surface area contributed by atoms with Crippen LogP contribution in [0.25, 0.3) is 6.08 Å². The van der Waals surface area contributed by atoms with E-state index < -0.39 is 5.91 Å². The van der Waals surface area contributed by atoms with Gasteiger partial charge in [-0.25, -0.2) is 0 Å². The van der Waals surface area contributed by atoms with E-state index in [4.69, 9.17) is 32.7 Å².